The van der Waals surface area contributed by atoms with E-state index in [0.29, 0.717) is 12.3 Å². The lowest BCUT2D eigenvalue weighted by atomic mass is 10.1. The Hall–Kier alpha value is -1.86. The van der Waals surface area contributed by atoms with E-state index in [0.717, 1.165) is 45.8 Å². The van der Waals surface area contributed by atoms with Crippen LogP contribution in [0.1, 0.15) is 43.7 Å². The summed E-state index contributed by atoms with van der Waals surface area (Å²) in [5.74, 6) is 0.287. The van der Waals surface area contributed by atoms with Crippen LogP contribution in [0.2, 0.25) is 0 Å². The van der Waals surface area contributed by atoms with Crippen molar-refractivity contribution in [1.29, 1.82) is 0 Å². The molecule has 1 saturated carbocycles. The number of amides is 2. The topological polar surface area (TPSA) is 58.6 Å². The fourth-order valence-corrected chi connectivity index (χ4v) is 4.21. The molecule has 1 unspecified atom stereocenters. The number of carbonyl (C=O) groups excluding carboxylic acids is 2. The van der Waals surface area contributed by atoms with Crippen LogP contribution < -0.4 is 10.1 Å². The molecule has 1 aliphatic carbocycles. The van der Waals surface area contributed by atoms with Gasteiger partial charge in [0.15, 0.2) is 6.61 Å². The van der Waals surface area contributed by atoms with Gasteiger partial charge in [-0.1, -0.05) is 56.8 Å². The van der Waals surface area contributed by atoms with Crippen molar-refractivity contribution in [3.8, 4) is 5.75 Å². The third-order valence-electron chi connectivity index (χ3n) is 5.63. The molecule has 0 heterocycles. The van der Waals surface area contributed by atoms with Crippen molar-refractivity contribution < 1.29 is 14.3 Å². The number of hydrogen-bond donors (Lipinski definition) is 1. The average Bonchev–Trinajstić information content (AvgIpc) is 3.26. The van der Waals surface area contributed by atoms with Gasteiger partial charge < -0.3 is 15.0 Å². The third kappa shape index (κ3) is 6.81. The smallest absolute Gasteiger partial charge is 0.261 e. The highest BCUT2D eigenvalue weighted by Crippen LogP contribution is 2.22. The molecule has 166 valence electrons. The van der Waals surface area contributed by atoms with Crippen molar-refractivity contribution in [3.05, 3.63) is 62.5 Å². The Morgan fingerprint density at radius 2 is 1.81 bits per heavy atom. The van der Waals surface area contributed by atoms with Gasteiger partial charge >= 0.3 is 0 Å². The van der Waals surface area contributed by atoms with E-state index in [9.17, 15) is 9.59 Å². The summed E-state index contributed by atoms with van der Waals surface area (Å²) in [6.45, 7) is 3.96. The quantitative estimate of drug-likeness (QED) is 0.479. The Bertz CT molecular complexity index is 912. The molecule has 31 heavy (non-hydrogen) atoms. The third-order valence-corrected chi connectivity index (χ3v) is 7.05. The van der Waals surface area contributed by atoms with E-state index in [4.69, 9.17) is 4.74 Å². The Kier molecular flexibility index (Phi) is 8.55. The molecule has 1 fully saturated rings. The van der Waals surface area contributed by atoms with E-state index in [-0.39, 0.29) is 24.5 Å². The zero-order chi connectivity index (χ0) is 22.4. The Morgan fingerprint density at radius 3 is 2.45 bits per heavy atom. The highest BCUT2D eigenvalue weighted by Gasteiger charge is 2.28. The lowest BCUT2D eigenvalue weighted by Gasteiger charge is -2.29. The van der Waals surface area contributed by atoms with Crippen molar-refractivity contribution in [2.75, 3.05) is 6.61 Å². The number of benzene rings is 2. The van der Waals surface area contributed by atoms with Crippen molar-refractivity contribution in [2.45, 2.75) is 58.2 Å². The van der Waals surface area contributed by atoms with Crippen LogP contribution in [-0.2, 0) is 16.1 Å². The number of ether oxygens (including phenoxy) is 1. The van der Waals surface area contributed by atoms with E-state index >= 15 is 0 Å². The number of aryl methyl sites for hydroxylation is 1. The predicted molar refractivity (Wildman–Crippen MR) is 129 cm³/mol. The maximum atomic E-state index is 13.1. The first-order valence-corrected chi connectivity index (χ1v) is 12.2. The van der Waals surface area contributed by atoms with Crippen LogP contribution in [0.15, 0.2) is 51.4 Å². The van der Waals surface area contributed by atoms with Crippen molar-refractivity contribution >= 4 is 43.7 Å². The van der Waals surface area contributed by atoms with Crippen LogP contribution in [0.25, 0.3) is 0 Å². The predicted octanol–water partition coefficient (Wildman–Crippen LogP) is 5.37. The summed E-state index contributed by atoms with van der Waals surface area (Å²) in [5, 5.41) is 3.11. The monoisotopic (exact) mass is 550 g/mol. The number of nitrogens with one attached hydrogen (secondary N) is 1. The number of rotatable bonds is 8. The van der Waals surface area contributed by atoms with Gasteiger partial charge in [0, 0.05) is 21.5 Å². The minimum Gasteiger partial charge on any atom is -0.484 e. The van der Waals surface area contributed by atoms with Crippen LogP contribution in [0.4, 0.5) is 0 Å². The number of nitrogens with zero attached hydrogens (tertiary/aromatic N) is 1. The summed E-state index contributed by atoms with van der Waals surface area (Å²) >= 11 is 6.90. The van der Waals surface area contributed by atoms with E-state index < -0.39 is 6.04 Å². The summed E-state index contributed by atoms with van der Waals surface area (Å²) in [4.78, 5) is 27.6. The van der Waals surface area contributed by atoms with Gasteiger partial charge in [0.2, 0.25) is 5.91 Å². The highest BCUT2D eigenvalue weighted by atomic mass is 79.9. The van der Waals surface area contributed by atoms with Gasteiger partial charge in [0.1, 0.15) is 11.8 Å². The molecule has 0 spiro atoms. The van der Waals surface area contributed by atoms with Gasteiger partial charge in [-0.15, -0.1) is 0 Å². The van der Waals surface area contributed by atoms with Crippen LogP contribution in [0, 0.1) is 6.92 Å². The number of hydrogen-bond acceptors (Lipinski definition) is 3. The maximum Gasteiger partial charge on any atom is 0.261 e. The summed E-state index contributed by atoms with van der Waals surface area (Å²) in [6.07, 6.45) is 4.29. The molecular formula is C24H28Br2N2O3. The molecule has 1 atom stereocenters. The number of halogens is 2. The summed E-state index contributed by atoms with van der Waals surface area (Å²) in [5.41, 5.74) is 1.98. The summed E-state index contributed by atoms with van der Waals surface area (Å²) < 4.78 is 7.71. The second-order valence-corrected chi connectivity index (χ2v) is 9.78. The van der Waals surface area contributed by atoms with Crippen LogP contribution >= 0.6 is 31.9 Å². The summed E-state index contributed by atoms with van der Waals surface area (Å²) in [6, 6.07) is 13.0. The van der Waals surface area contributed by atoms with Gasteiger partial charge in [0.05, 0.1) is 0 Å². The molecule has 2 aromatic rings. The van der Waals surface area contributed by atoms with Gasteiger partial charge in [-0.3, -0.25) is 9.59 Å². The fraction of sp³-hybridized carbons (Fsp3) is 0.417. The second kappa shape index (κ2) is 11.1. The number of carbonyl (C=O) groups is 2. The van der Waals surface area contributed by atoms with Gasteiger partial charge in [0.25, 0.3) is 5.91 Å². The highest BCUT2D eigenvalue weighted by molar-refractivity contribution is 9.10. The van der Waals surface area contributed by atoms with Gasteiger partial charge in [-0.2, -0.15) is 0 Å². The lowest BCUT2D eigenvalue weighted by Crippen LogP contribution is -2.50. The van der Waals surface area contributed by atoms with E-state index in [2.05, 4.69) is 37.2 Å². The molecule has 0 aliphatic heterocycles. The van der Waals surface area contributed by atoms with E-state index in [1.165, 1.54) is 0 Å². The minimum absolute atomic E-state index is 0.114. The first kappa shape index (κ1) is 23.8. The first-order chi connectivity index (χ1) is 14.8. The molecule has 7 heteroatoms. The zero-order valence-corrected chi connectivity index (χ0v) is 21.0. The summed E-state index contributed by atoms with van der Waals surface area (Å²) in [7, 11) is 0. The largest absolute Gasteiger partial charge is 0.484 e. The Morgan fingerprint density at radius 1 is 1.13 bits per heavy atom. The molecule has 1 N–H and O–H groups in total. The molecule has 0 aromatic heterocycles. The first-order valence-electron chi connectivity index (χ1n) is 10.6. The fourth-order valence-electron chi connectivity index (χ4n) is 3.70. The van der Waals surface area contributed by atoms with Crippen molar-refractivity contribution in [3.63, 3.8) is 0 Å². The normalized spacial score (nSPS) is 14.8. The Balaban J connectivity index is 1.71. The standard InChI is InChI=1S/C24H28Br2N2O3/c1-16-13-21(11-12-22(16)26)31-15-23(29)28(14-18-7-9-19(25)10-8-18)17(2)24(30)27-20-5-3-4-6-20/h7-13,17,20H,3-6,14-15H2,1-2H3,(H,27,30). The molecule has 2 amide bonds. The van der Waals surface area contributed by atoms with Gasteiger partial charge in [-0.25, -0.2) is 0 Å². The van der Waals surface area contributed by atoms with E-state index in [1.54, 1.807) is 11.8 Å². The maximum absolute atomic E-state index is 13.1. The van der Waals surface area contributed by atoms with Crippen LogP contribution in [0.3, 0.4) is 0 Å². The molecule has 0 saturated heterocycles. The van der Waals surface area contributed by atoms with E-state index in [1.807, 2.05) is 49.4 Å². The minimum atomic E-state index is -0.591. The molecule has 3 rings (SSSR count). The SMILES string of the molecule is Cc1cc(OCC(=O)N(Cc2ccc(Br)cc2)C(C)C(=O)NC2CCCC2)ccc1Br. The molecular weight excluding hydrogens is 524 g/mol. The van der Waals surface area contributed by atoms with Crippen LogP contribution in [-0.4, -0.2) is 35.4 Å². The molecule has 2 aromatic carbocycles. The lowest BCUT2D eigenvalue weighted by molar-refractivity contribution is -0.142. The molecule has 1 aliphatic rings. The second-order valence-electron chi connectivity index (χ2n) is 8.01. The molecule has 0 bridgehead atoms. The van der Waals surface area contributed by atoms with Crippen LogP contribution in [0.5, 0.6) is 5.75 Å². The van der Waals surface area contributed by atoms with Crippen molar-refractivity contribution in [2.24, 2.45) is 0 Å². The van der Waals surface area contributed by atoms with Gasteiger partial charge in [-0.05, 0) is 68.1 Å². The zero-order valence-electron chi connectivity index (χ0n) is 17.9. The molecule has 5 nitrogen and oxygen atoms in total. The molecule has 0 radical (unpaired) electrons. The Labute approximate surface area is 200 Å². The average molecular weight is 552 g/mol. The van der Waals surface area contributed by atoms with Crippen molar-refractivity contribution in [1.82, 2.24) is 10.2 Å².